The van der Waals surface area contributed by atoms with E-state index in [4.69, 9.17) is 4.74 Å². The van der Waals surface area contributed by atoms with Crippen LogP contribution in [0.2, 0.25) is 0 Å². The van der Waals surface area contributed by atoms with E-state index in [-0.39, 0.29) is 17.6 Å². The minimum Gasteiger partial charge on any atom is -0.379 e. The number of amides is 1. The molecule has 0 spiro atoms. The number of hydrogen-bond donors (Lipinski definition) is 0. The maximum atomic E-state index is 14.1. The second kappa shape index (κ2) is 9.29. The Morgan fingerprint density at radius 1 is 1.25 bits per heavy atom. The summed E-state index contributed by atoms with van der Waals surface area (Å²) in [7, 11) is 0. The van der Waals surface area contributed by atoms with Crippen molar-refractivity contribution in [2.24, 2.45) is 5.92 Å². The largest absolute Gasteiger partial charge is 0.379 e. The highest BCUT2D eigenvalue weighted by molar-refractivity contribution is 7.22. The maximum absolute atomic E-state index is 14.1. The van der Waals surface area contributed by atoms with E-state index >= 15 is 0 Å². The van der Waals surface area contributed by atoms with Gasteiger partial charge in [-0.25, -0.2) is 9.37 Å². The number of morpholine rings is 1. The Morgan fingerprint density at radius 3 is 2.79 bits per heavy atom. The standard InChI is InChI=1S/C21H28FN3O2S/c22-17-8-4-9-18-19(17)23-21(28-18)25(20(26)16-6-2-1-3-7-16)11-5-10-24-12-14-27-15-13-24/h4,8-9,16H,1-3,5-7,10-15H2. The number of aromatic nitrogens is 1. The van der Waals surface area contributed by atoms with E-state index in [9.17, 15) is 9.18 Å². The molecule has 0 N–H and O–H groups in total. The second-order valence-electron chi connectivity index (χ2n) is 7.72. The normalized spacial score (nSPS) is 19.2. The number of para-hydroxylation sites is 1. The van der Waals surface area contributed by atoms with Crippen molar-refractivity contribution >= 4 is 32.6 Å². The van der Waals surface area contributed by atoms with Gasteiger partial charge in [0.25, 0.3) is 0 Å². The molecule has 2 heterocycles. The molecule has 2 fully saturated rings. The van der Waals surface area contributed by atoms with Gasteiger partial charge in [0, 0.05) is 32.1 Å². The lowest BCUT2D eigenvalue weighted by molar-refractivity contribution is -0.123. The van der Waals surface area contributed by atoms with Crippen molar-refractivity contribution in [2.45, 2.75) is 38.5 Å². The number of carbonyl (C=O) groups is 1. The van der Waals surface area contributed by atoms with E-state index in [2.05, 4.69) is 9.88 Å². The van der Waals surface area contributed by atoms with Gasteiger partial charge in [0.1, 0.15) is 11.3 Å². The molecule has 1 amide bonds. The Bertz CT molecular complexity index is 800. The van der Waals surface area contributed by atoms with Crippen molar-refractivity contribution in [1.29, 1.82) is 0 Å². The molecule has 1 aromatic heterocycles. The fourth-order valence-electron chi connectivity index (χ4n) is 4.17. The molecule has 0 atom stereocenters. The first-order valence-electron chi connectivity index (χ1n) is 10.4. The lowest BCUT2D eigenvalue weighted by Gasteiger charge is -2.30. The monoisotopic (exact) mass is 405 g/mol. The van der Waals surface area contributed by atoms with Crippen molar-refractivity contribution in [3.63, 3.8) is 0 Å². The third-order valence-electron chi connectivity index (χ3n) is 5.77. The van der Waals surface area contributed by atoms with Gasteiger partial charge < -0.3 is 4.74 Å². The van der Waals surface area contributed by atoms with Crippen molar-refractivity contribution in [3.05, 3.63) is 24.0 Å². The topological polar surface area (TPSA) is 45.7 Å². The number of nitrogens with zero attached hydrogens (tertiary/aromatic N) is 3. The molecule has 2 aromatic rings. The maximum Gasteiger partial charge on any atom is 0.231 e. The zero-order valence-corrected chi connectivity index (χ0v) is 17.1. The number of ether oxygens (including phenoxy) is 1. The number of rotatable bonds is 6. The molecule has 152 valence electrons. The first kappa shape index (κ1) is 19.7. The van der Waals surface area contributed by atoms with Gasteiger partial charge in [-0.3, -0.25) is 14.6 Å². The highest BCUT2D eigenvalue weighted by atomic mass is 32.1. The predicted octanol–water partition coefficient (Wildman–Crippen LogP) is 4.07. The molecule has 0 radical (unpaired) electrons. The Labute approximate surface area is 169 Å². The quantitative estimate of drug-likeness (QED) is 0.727. The summed E-state index contributed by atoms with van der Waals surface area (Å²) in [5, 5.41) is 0.637. The molecule has 2 aliphatic rings. The molecular weight excluding hydrogens is 377 g/mol. The summed E-state index contributed by atoms with van der Waals surface area (Å²) in [4.78, 5) is 22.0. The number of thiazole rings is 1. The Kier molecular flexibility index (Phi) is 6.54. The van der Waals surface area contributed by atoms with Gasteiger partial charge in [-0.05, 0) is 31.4 Å². The van der Waals surface area contributed by atoms with Crippen molar-refractivity contribution in [2.75, 3.05) is 44.3 Å². The summed E-state index contributed by atoms with van der Waals surface area (Å²) in [6.45, 7) is 5.03. The highest BCUT2D eigenvalue weighted by Gasteiger charge is 2.29. The number of fused-ring (bicyclic) bond motifs is 1. The third kappa shape index (κ3) is 4.53. The molecule has 0 unspecified atom stereocenters. The van der Waals surface area contributed by atoms with Crippen LogP contribution in [0.25, 0.3) is 10.2 Å². The van der Waals surface area contributed by atoms with Crippen molar-refractivity contribution in [3.8, 4) is 0 Å². The average Bonchev–Trinajstić information content (AvgIpc) is 3.17. The van der Waals surface area contributed by atoms with Crippen LogP contribution in [0.4, 0.5) is 9.52 Å². The van der Waals surface area contributed by atoms with Crippen LogP contribution in [0.5, 0.6) is 0 Å². The predicted molar refractivity (Wildman–Crippen MR) is 110 cm³/mol. The number of halogens is 1. The highest BCUT2D eigenvalue weighted by Crippen LogP contribution is 2.33. The third-order valence-corrected chi connectivity index (χ3v) is 6.81. The van der Waals surface area contributed by atoms with Crippen molar-refractivity contribution < 1.29 is 13.9 Å². The molecule has 0 bridgehead atoms. The fraction of sp³-hybridized carbons (Fsp3) is 0.619. The van der Waals surface area contributed by atoms with Gasteiger partial charge in [-0.2, -0.15) is 0 Å². The lowest BCUT2D eigenvalue weighted by atomic mass is 9.88. The first-order valence-corrected chi connectivity index (χ1v) is 11.2. The van der Waals surface area contributed by atoms with Gasteiger partial charge in [-0.1, -0.05) is 36.7 Å². The molecule has 1 aromatic carbocycles. The van der Waals surface area contributed by atoms with Crippen LogP contribution in [0.3, 0.4) is 0 Å². The van der Waals surface area contributed by atoms with Crippen LogP contribution >= 0.6 is 11.3 Å². The molecular formula is C21H28FN3O2S. The molecule has 5 nitrogen and oxygen atoms in total. The minimum atomic E-state index is -0.321. The summed E-state index contributed by atoms with van der Waals surface area (Å²) in [5.41, 5.74) is 0.372. The number of hydrogen-bond acceptors (Lipinski definition) is 5. The van der Waals surface area contributed by atoms with E-state index in [1.54, 1.807) is 6.07 Å². The molecule has 1 aliphatic carbocycles. The molecule has 1 saturated heterocycles. The molecule has 28 heavy (non-hydrogen) atoms. The Balaban J connectivity index is 1.51. The Morgan fingerprint density at radius 2 is 2.04 bits per heavy atom. The van der Waals surface area contributed by atoms with Crippen LogP contribution in [0.1, 0.15) is 38.5 Å². The molecule has 7 heteroatoms. The zero-order chi connectivity index (χ0) is 19.3. The smallest absolute Gasteiger partial charge is 0.231 e. The van der Waals surface area contributed by atoms with E-state index < -0.39 is 0 Å². The van der Waals surface area contributed by atoms with Gasteiger partial charge >= 0.3 is 0 Å². The van der Waals surface area contributed by atoms with Crippen LogP contribution in [-0.4, -0.2) is 55.2 Å². The fourth-order valence-corrected chi connectivity index (χ4v) is 5.18. The second-order valence-corrected chi connectivity index (χ2v) is 8.72. The van der Waals surface area contributed by atoms with E-state index in [1.165, 1.54) is 23.8 Å². The van der Waals surface area contributed by atoms with Gasteiger partial charge in [0.15, 0.2) is 5.13 Å². The van der Waals surface area contributed by atoms with E-state index in [0.29, 0.717) is 17.2 Å². The van der Waals surface area contributed by atoms with Gasteiger partial charge in [0.2, 0.25) is 5.91 Å². The van der Waals surface area contributed by atoms with Crippen LogP contribution in [0, 0.1) is 11.7 Å². The summed E-state index contributed by atoms with van der Waals surface area (Å²) >= 11 is 1.42. The number of carbonyl (C=O) groups excluding carboxylic acids is 1. The lowest BCUT2D eigenvalue weighted by Crippen LogP contribution is -2.41. The van der Waals surface area contributed by atoms with Crippen LogP contribution in [0.15, 0.2) is 18.2 Å². The zero-order valence-electron chi connectivity index (χ0n) is 16.2. The molecule has 1 aliphatic heterocycles. The van der Waals surface area contributed by atoms with Gasteiger partial charge in [0.05, 0.1) is 17.9 Å². The van der Waals surface area contributed by atoms with Crippen LogP contribution in [-0.2, 0) is 9.53 Å². The SMILES string of the molecule is O=C(C1CCCCC1)N(CCCN1CCOCC1)c1nc2c(F)cccc2s1. The van der Waals surface area contributed by atoms with Gasteiger partial charge in [-0.15, -0.1) is 0 Å². The Hall–Kier alpha value is -1.57. The molecule has 1 saturated carbocycles. The summed E-state index contributed by atoms with van der Waals surface area (Å²) < 4.78 is 20.3. The van der Waals surface area contributed by atoms with Crippen molar-refractivity contribution in [1.82, 2.24) is 9.88 Å². The summed E-state index contributed by atoms with van der Waals surface area (Å²) in [6, 6.07) is 5.00. The minimum absolute atomic E-state index is 0.0778. The number of benzene rings is 1. The summed E-state index contributed by atoms with van der Waals surface area (Å²) in [5.74, 6) is -0.0754. The van der Waals surface area contributed by atoms with Crippen LogP contribution < -0.4 is 4.90 Å². The molecule has 4 rings (SSSR count). The average molecular weight is 406 g/mol. The number of anilines is 1. The summed E-state index contributed by atoms with van der Waals surface area (Å²) in [6.07, 6.45) is 6.25. The van der Waals surface area contributed by atoms with E-state index in [1.807, 2.05) is 11.0 Å². The van der Waals surface area contributed by atoms with E-state index in [0.717, 1.165) is 69.7 Å². The first-order chi connectivity index (χ1) is 13.7.